The van der Waals surface area contributed by atoms with E-state index >= 15 is 0 Å². The third-order valence-electron chi connectivity index (χ3n) is 2.39. The lowest BCUT2D eigenvalue weighted by Crippen LogP contribution is -2.10. The Bertz CT molecular complexity index is 473. The van der Waals surface area contributed by atoms with E-state index in [2.05, 4.69) is 21.0 Å². The van der Waals surface area contributed by atoms with Crippen molar-refractivity contribution >= 4 is 21.6 Å². The van der Waals surface area contributed by atoms with Crippen molar-refractivity contribution in [1.29, 1.82) is 0 Å². The molecule has 0 bridgehead atoms. The minimum atomic E-state index is 0.550. The molecule has 5 heteroatoms. The Morgan fingerprint density at radius 3 is 2.94 bits per heavy atom. The second-order valence-electron chi connectivity index (χ2n) is 3.76. The van der Waals surface area contributed by atoms with E-state index in [-0.39, 0.29) is 0 Å². The smallest absolute Gasteiger partial charge is 0.145 e. The molecule has 0 atom stereocenters. The molecule has 2 rings (SSSR count). The lowest BCUT2D eigenvalue weighted by atomic mass is 10.2. The highest BCUT2D eigenvalue weighted by Gasteiger charge is 2.06. The minimum absolute atomic E-state index is 0.550. The summed E-state index contributed by atoms with van der Waals surface area (Å²) in [6.45, 7) is 3.24. The highest BCUT2D eigenvalue weighted by Crippen LogP contribution is 2.29. The van der Waals surface area contributed by atoms with Crippen LogP contribution in [0, 0.1) is 6.92 Å². The van der Waals surface area contributed by atoms with Crippen molar-refractivity contribution in [2.45, 2.75) is 13.5 Å². The summed E-state index contributed by atoms with van der Waals surface area (Å²) >= 11 is 3.40. The predicted molar refractivity (Wildman–Crippen MR) is 71.0 cm³/mol. The fraction of sp³-hybridized carbons (Fsp3) is 0.250. The van der Waals surface area contributed by atoms with Crippen LogP contribution in [0.15, 0.2) is 35.1 Å². The van der Waals surface area contributed by atoms with Crippen LogP contribution in [0.5, 0.6) is 5.75 Å². The zero-order chi connectivity index (χ0) is 12.3. The second kappa shape index (κ2) is 5.23. The quantitative estimate of drug-likeness (QED) is 0.882. The third kappa shape index (κ3) is 3.00. The highest BCUT2D eigenvalue weighted by atomic mass is 79.9. The molecule has 0 aliphatic heterocycles. The summed E-state index contributed by atoms with van der Waals surface area (Å²) in [4.78, 5) is 0. The van der Waals surface area contributed by atoms with Gasteiger partial charge in [-0.25, -0.2) is 0 Å². The molecule has 17 heavy (non-hydrogen) atoms. The van der Waals surface area contributed by atoms with E-state index < -0.39 is 0 Å². The summed E-state index contributed by atoms with van der Waals surface area (Å²) in [5.74, 6) is 0.750. The number of rotatable bonds is 4. The zero-order valence-corrected chi connectivity index (χ0v) is 11.1. The lowest BCUT2D eigenvalue weighted by molar-refractivity contribution is 0.291. The van der Waals surface area contributed by atoms with Crippen molar-refractivity contribution in [1.82, 2.24) is 9.78 Å². The number of aromatic nitrogens is 2. The van der Waals surface area contributed by atoms with E-state index in [9.17, 15) is 0 Å². The van der Waals surface area contributed by atoms with Gasteiger partial charge in [-0.3, -0.25) is 4.68 Å². The van der Waals surface area contributed by atoms with Crippen LogP contribution in [0.25, 0.3) is 0 Å². The van der Waals surface area contributed by atoms with E-state index in [1.807, 2.05) is 36.0 Å². The highest BCUT2D eigenvalue weighted by molar-refractivity contribution is 9.10. The maximum Gasteiger partial charge on any atom is 0.145 e. The van der Waals surface area contributed by atoms with Crippen LogP contribution in [0.4, 0.5) is 5.69 Å². The number of hydrogen-bond acceptors (Lipinski definition) is 3. The van der Waals surface area contributed by atoms with Gasteiger partial charge in [0, 0.05) is 16.9 Å². The van der Waals surface area contributed by atoms with Crippen LogP contribution >= 0.6 is 15.9 Å². The molecule has 0 unspecified atom stereocenters. The number of nitrogens with zero attached hydrogens (tertiary/aromatic N) is 2. The fourth-order valence-electron chi connectivity index (χ4n) is 1.63. The number of halogens is 1. The van der Waals surface area contributed by atoms with Gasteiger partial charge in [0.15, 0.2) is 0 Å². The Labute approximate surface area is 109 Å². The molecule has 0 spiro atoms. The van der Waals surface area contributed by atoms with E-state index in [0.717, 1.165) is 15.8 Å². The third-order valence-corrected chi connectivity index (χ3v) is 2.85. The Kier molecular flexibility index (Phi) is 3.68. The molecule has 0 saturated carbocycles. The van der Waals surface area contributed by atoms with Crippen LogP contribution in [-0.2, 0) is 6.54 Å². The molecule has 0 aliphatic rings. The number of nitrogen functional groups attached to an aromatic ring is 1. The summed E-state index contributed by atoms with van der Waals surface area (Å²) < 4.78 is 8.48. The van der Waals surface area contributed by atoms with Gasteiger partial charge < -0.3 is 10.5 Å². The largest absolute Gasteiger partial charge is 0.489 e. The molecule has 0 radical (unpaired) electrons. The Hall–Kier alpha value is -1.49. The van der Waals surface area contributed by atoms with Crippen molar-refractivity contribution in [2.75, 3.05) is 12.3 Å². The molecule has 0 amide bonds. The summed E-state index contributed by atoms with van der Waals surface area (Å²) in [6, 6.07) is 5.72. The fourth-order valence-corrected chi connectivity index (χ4v) is 2.22. The molecular weight excluding hydrogens is 282 g/mol. The van der Waals surface area contributed by atoms with Gasteiger partial charge in [0.1, 0.15) is 12.4 Å². The molecule has 2 aromatic rings. The molecule has 2 N–H and O–H groups in total. The number of ether oxygens (including phenoxy) is 1. The van der Waals surface area contributed by atoms with Gasteiger partial charge in [0.25, 0.3) is 0 Å². The molecular formula is C12H14BrN3O. The second-order valence-corrected chi connectivity index (χ2v) is 4.67. The standard InChI is InChI=1S/C12H14BrN3O/c1-9-7-10(13)8-11(14)12(9)17-6-5-16-4-2-3-15-16/h2-4,7-8H,5-6,14H2,1H3. The van der Waals surface area contributed by atoms with Crippen molar-refractivity contribution in [3.63, 3.8) is 0 Å². The summed E-state index contributed by atoms with van der Waals surface area (Å²) in [7, 11) is 0. The number of anilines is 1. The summed E-state index contributed by atoms with van der Waals surface area (Å²) in [5.41, 5.74) is 7.58. The monoisotopic (exact) mass is 295 g/mol. The average molecular weight is 296 g/mol. The van der Waals surface area contributed by atoms with E-state index in [0.29, 0.717) is 18.8 Å². The SMILES string of the molecule is Cc1cc(Br)cc(N)c1OCCn1cccn1. The lowest BCUT2D eigenvalue weighted by Gasteiger charge is -2.12. The Balaban J connectivity index is 1.99. The molecule has 1 heterocycles. The molecule has 0 fully saturated rings. The first-order valence-corrected chi connectivity index (χ1v) is 6.12. The first-order chi connectivity index (χ1) is 8.16. The molecule has 90 valence electrons. The van der Waals surface area contributed by atoms with E-state index in [4.69, 9.17) is 10.5 Å². The molecule has 1 aromatic carbocycles. The van der Waals surface area contributed by atoms with Gasteiger partial charge >= 0.3 is 0 Å². The predicted octanol–water partition coefficient (Wildman–Crippen LogP) is 2.62. The molecule has 4 nitrogen and oxygen atoms in total. The van der Waals surface area contributed by atoms with Gasteiger partial charge in [0.05, 0.1) is 12.2 Å². The topological polar surface area (TPSA) is 53.1 Å². The maximum atomic E-state index is 5.90. The van der Waals surface area contributed by atoms with Gasteiger partial charge in [-0.2, -0.15) is 5.10 Å². The normalized spacial score (nSPS) is 10.5. The van der Waals surface area contributed by atoms with Gasteiger partial charge in [-0.15, -0.1) is 0 Å². The Morgan fingerprint density at radius 1 is 1.47 bits per heavy atom. The summed E-state index contributed by atoms with van der Waals surface area (Å²) in [6.07, 6.45) is 3.65. The number of benzene rings is 1. The van der Waals surface area contributed by atoms with E-state index in [1.165, 1.54) is 0 Å². The summed E-state index contributed by atoms with van der Waals surface area (Å²) in [5, 5.41) is 4.10. The first-order valence-electron chi connectivity index (χ1n) is 5.32. The van der Waals surface area contributed by atoms with Gasteiger partial charge in [0.2, 0.25) is 0 Å². The minimum Gasteiger partial charge on any atom is -0.489 e. The van der Waals surface area contributed by atoms with Crippen molar-refractivity contribution in [2.24, 2.45) is 0 Å². The van der Waals surface area contributed by atoms with Crippen molar-refractivity contribution in [3.8, 4) is 5.75 Å². The van der Waals surface area contributed by atoms with Crippen LogP contribution in [-0.4, -0.2) is 16.4 Å². The van der Waals surface area contributed by atoms with Crippen LogP contribution in [0.1, 0.15) is 5.56 Å². The number of aryl methyl sites for hydroxylation is 1. The maximum absolute atomic E-state index is 5.90. The molecule has 0 saturated heterocycles. The van der Waals surface area contributed by atoms with Crippen LogP contribution < -0.4 is 10.5 Å². The molecule has 1 aromatic heterocycles. The van der Waals surface area contributed by atoms with Crippen LogP contribution in [0.2, 0.25) is 0 Å². The zero-order valence-electron chi connectivity index (χ0n) is 9.56. The molecule has 0 aliphatic carbocycles. The number of hydrogen-bond donors (Lipinski definition) is 1. The van der Waals surface area contributed by atoms with Crippen LogP contribution in [0.3, 0.4) is 0 Å². The number of nitrogens with two attached hydrogens (primary N) is 1. The van der Waals surface area contributed by atoms with Gasteiger partial charge in [-0.05, 0) is 30.7 Å². The van der Waals surface area contributed by atoms with Gasteiger partial charge in [-0.1, -0.05) is 15.9 Å². The average Bonchev–Trinajstić information content (AvgIpc) is 2.74. The first kappa shape index (κ1) is 12.0. The van der Waals surface area contributed by atoms with Crippen molar-refractivity contribution in [3.05, 3.63) is 40.6 Å². The Morgan fingerprint density at radius 2 is 2.29 bits per heavy atom. The van der Waals surface area contributed by atoms with Crippen molar-refractivity contribution < 1.29 is 4.74 Å². The van der Waals surface area contributed by atoms with E-state index in [1.54, 1.807) is 6.20 Å².